The number of fused-ring (bicyclic) bond motifs is 1. The molecule has 2 N–H and O–H groups in total. The molecule has 1 aromatic carbocycles. The number of carbonyl (C=O) groups excluding carboxylic acids is 1. The maximum absolute atomic E-state index is 12.8. The number of aromatic amines is 1. The van der Waals surface area contributed by atoms with Gasteiger partial charge >= 0.3 is 5.97 Å². The van der Waals surface area contributed by atoms with Gasteiger partial charge in [0.2, 0.25) is 5.56 Å². The molecule has 0 aliphatic carbocycles. The number of hydrogen-bond donors (Lipinski definition) is 2. The lowest BCUT2D eigenvalue weighted by atomic mass is 10.00. The van der Waals surface area contributed by atoms with Crippen LogP contribution < -0.4 is 5.56 Å². The van der Waals surface area contributed by atoms with E-state index in [1.807, 2.05) is 6.07 Å². The largest absolute Gasteiger partial charge is 0.481 e. The highest BCUT2D eigenvalue weighted by Crippen LogP contribution is 2.20. The van der Waals surface area contributed by atoms with Crippen molar-refractivity contribution in [3.05, 3.63) is 69.1 Å². The fourth-order valence-electron chi connectivity index (χ4n) is 2.98. The van der Waals surface area contributed by atoms with E-state index in [0.717, 1.165) is 16.8 Å². The zero-order valence-electron chi connectivity index (χ0n) is 13.1. The fraction of sp³-hybridized carbons (Fsp3) is 0.278. The highest BCUT2D eigenvalue weighted by atomic mass is 16.4. The van der Waals surface area contributed by atoms with E-state index in [1.54, 1.807) is 29.2 Å². The first-order chi connectivity index (χ1) is 11.5. The lowest BCUT2D eigenvalue weighted by Crippen LogP contribution is -2.37. The lowest BCUT2D eigenvalue weighted by Gasteiger charge is -2.29. The molecule has 0 fully saturated rings. The molecule has 0 saturated carbocycles. The first kappa shape index (κ1) is 16.0. The molecule has 0 saturated heterocycles. The lowest BCUT2D eigenvalue weighted by molar-refractivity contribution is -0.136. The molecule has 2 aromatic rings. The maximum Gasteiger partial charge on any atom is 0.303 e. The van der Waals surface area contributed by atoms with Crippen LogP contribution in [0.1, 0.15) is 33.6 Å². The minimum absolute atomic E-state index is 0.00559. The number of carbonyl (C=O) groups is 2. The predicted molar refractivity (Wildman–Crippen MR) is 87.9 cm³/mol. The zero-order valence-corrected chi connectivity index (χ0v) is 13.1. The number of carboxylic acids is 1. The van der Waals surface area contributed by atoms with E-state index in [2.05, 4.69) is 4.98 Å². The molecule has 0 bridgehead atoms. The smallest absolute Gasteiger partial charge is 0.303 e. The van der Waals surface area contributed by atoms with Crippen LogP contribution >= 0.6 is 0 Å². The van der Waals surface area contributed by atoms with E-state index in [0.29, 0.717) is 31.5 Å². The molecule has 124 valence electrons. The van der Waals surface area contributed by atoms with E-state index < -0.39 is 5.97 Å². The minimum Gasteiger partial charge on any atom is -0.481 e. The van der Waals surface area contributed by atoms with Crippen molar-refractivity contribution in [3.63, 3.8) is 0 Å². The summed E-state index contributed by atoms with van der Waals surface area (Å²) in [5, 5.41) is 8.86. The number of H-pyrrole nitrogens is 1. The van der Waals surface area contributed by atoms with Crippen LogP contribution in [0.4, 0.5) is 0 Å². The van der Waals surface area contributed by atoms with Crippen molar-refractivity contribution >= 4 is 11.9 Å². The minimum atomic E-state index is -0.881. The van der Waals surface area contributed by atoms with Gasteiger partial charge in [0.15, 0.2) is 0 Å². The van der Waals surface area contributed by atoms with Crippen molar-refractivity contribution in [3.8, 4) is 0 Å². The molecule has 1 aliphatic heterocycles. The van der Waals surface area contributed by atoms with Crippen LogP contribution in [0.15, 0.2) is 41.2 Å². The van der Waals surface area contributed by atoms with E-state index in [9.17, 15) is 14.4 Å². The number of nitrogens with one attached hydrogen (secondary N) is 1. The fourth-order valence-corrected chi connectivity index (χ4v) is 2.98. The number of carboxylic acid groups (broad SMARTS) is 1. The van der Waals surface area contributed by atoms with Crippen molar-refractivity contribution in [1.82, 2.24) is 9.88 Å². The number of aryl methyl sites for hydroxylation is 1. The van der Waals surface area contributed by atoms with Gasteiger partial charge in [0, 0.05) is 43.3 Å². The summed E-state index contributed by atoms with van der Waals surface area (Å²) >= 11 is 0. The molecule has 3 rings (SSSR count). The first-order valence-electron chi connectivity index (χ1n) is 7.84. The summed E-state index contributed by atoms with van der Waals surface area (Å²) in [5.74, 6) is -0.985. The summed E-state index contributed by atoms with van der Waals surface area (Å²) in [6, 6.07) is 10.3. The Morgan fingerprint density at radius 1 is 1.17 bits per heavy atom. The van der Waals surface area contributed by atoms with Crippen molar-refractivity contribution in [2.75, 3.05) is 6.54 Å². The monoisotopic (exact) mass is 326 g/mol. The van der Waals surface area contributed by atoms with Gasteiger partial charge < -0.3 is 15.0 Å². The van der Waals surface area contributed by atoms with Crippen LogP contribution in [-0.4, -0.2) is 33.4 Å². The summed E-state index contributed by atoms with van der Waals surface area (Å²) in [6.45, 7) is 0.970. The van der Waals surface area contributed by atoms with Gasteiger partial charge in [0.25, 0.3) is 5.91 Å². The Hall–Kier alpha value is -2.89. The molecule has 0 unspecified atom stereocenters. The molecule has 6 heteroatoms. The second-order valence-corrected chi connectivity index (χ2v) is 5.85. The third-order valence-electron chi connectivity index (χ3n) is 4.23. The average Bonchev–Trinajstić information content (AvgIpc) is 2.59. The van der Waals surface area contributed by atoms with Gasteiger partial charge in [-0.25, -0.2) is 0 Å². The highest BCUT2D eigenvalue weighted by Gasteiger charge is 2.23. The standard InChI is InChI=1S/C18H18N2O4/c21-16-7-5-13-11-20(10-9-15(13)19-16)18(24)14-4-2-1-3-12(14)6-8-17(22)23/h1-5,7H,6,8-11H2,(H,19,21)(H,22,23). The Morgan fingerprint density at radius 3 is 2.75 bits per heavy atom. The van der Waals surface area contributed by atoms with Crippen molar-refractivity contribution in [2.24, 2.45) is 0 Å². The third-order valence-corrected chi connectivity index (χ3v) is 4.23. The first-order valence-corrected chi connectivity index (χ1v) is 7.84. The molecule has 0 atom stereocenters. The molecule has 0 radical (unpaired) electrons. The summed E-state index contributed by atoms with van der Waals surface area (Å²) in [4.78, 5) is 39.6. The van der Waals surface area contributed by atoms with Gasteiger partial charge in [-0.1, -0.05) is 24.3 Å². The molecule has 1 amide bonds. The van der Waals surface area contributed by atoms with Gasteiger partial charge in [-0.05, 0) is 23.6 Å². The van der Waals surface area contributed by atoms with Gasteiger partial charge in [0.1, 0.15) is 0 Å². The predicted octanol–water partition coefficient (Wildman–Crippen LogP) is 1.59. The number of aromatic nitrogens is 1. The van der Waals surface area contributed by atoms with Gasteiger partial charge in [-0.15, -0.1) is 0 Å². The molecular weight excluding hydrogens is 308 g/mol. The van der Waals surface area contributed by atoms with Gasteiger partial charge in [-0.3, -0.25) is 14.4 Å². The number of aliphatic carboxylic acids is 1. The van der Waals surface area contributed by atoms with Crippen LogP contribution in [-0.2, 0) is 24.2 Å². The van der Waals surface area contributed by atoms with Gasteiger partial charge in [0.05, 0.1) is 0 Å². The third kappa shape index (κ3) is 3.37. The molecule has 1 aliphatic rings. The molecule has 2 heterocycles. The van der Waals surface area contributed by atoms with Gasteiger partial charge in [-0.2, -0.15) is 0 Å². The maximum atomic E-state index is 12.8. The highest BCUT2D eigenvalue weighted by molar-refractivity contribution is 5.96. The number of nitrogens with zero attached hydrogens (tertiary/aromatic N) is 1. The number of benzene rings is 1. The quantitative estimate of drug-likeness (QED) is 0.893. The van der Waals surface area contributed by atoms with E-state index in [4.69, 9.17) is 5.11 Å². The van der Waals surface area contributed by atoms with E-state index in [1.165, 1.54) is 6.07 Å². The Labute approximate surface area is 138 Å². The number of hydrogen-bond acceptors (Lipinski definition) is 3. The normalized spacial score (nSPS) is 13.4. The number of pyridine rings is 1. The molecule has 1 aromatic heterocycles. The van der Waals surface area contributed by atoms with Crippen LogP contribution in [0.5, 0.6) is 0 Å². The summed E-state index contributed by atoms with van der Waals surface area (Å²) < 4.78 is 0. The molecule has 0 spiro atoms. The number of amides is 1. The molecule has 6 nitrogen and oxygen atoms in total. The zero-order chi connectivity index (χ0) is 17.1. The van der Waals surface area contributed by atoms with Crippen LogP contribution in [0.2, 0.25) is 0 Å². The molecular formula is C18H18N2O4. The van der Waals surface area contributed by atoms with Crippen molar-refractivity contribution < 1.29 is 14.7 Å². The van der Waals surface area contributed by atoms with Crippen molar-refractivity contribution in [2.45, 2.75) is 25.8 Å². The van der Waals surface area contributed by atoms with Crippen LogP contribution in [0.3, 0.4) is 0 Å². The van der Waals surface area contributed by atoms with Crippen molar-refractivity contribution in [1.29, 1.82) is 0 Å². The Kier molecular flexibility index (Phi) is 4.46. The van der Waals surface area contributed by atoms with Crippen LogP contribution in [0, 0.1) is 0 Å². The Balaban J connectivity index is 1.81. The van der Waals surface area contributed by atoms with Crippen LogP contribution in [0.25, 0.3) is 0 Å². The summed E-state index contributed by atoms with van der Waals surface area (Å²) in [6.07, 6.45) is 0.928. The second-order valence-electron chi connectivity index (χ2n) is 5.85. The topological polar surface area (TPSA) is 90.5 Å². The van der Waals surface area contributed by atoms with E-state index >= 15 is 0 Å². The Morgan fingerprint density at radius 2 is 1.96 bits per heavy atom. The average molecular weight is 326 g/mol. The Bertz CT molecular complexity index is 841. The van der Waals surface area contributed by atoms with E-state index in [-0.39, 0.29) is 17.9 Å². The SMILES string of the molecule is O=C(O)CCc1ccccc1C(=O)N1CCc2[nH]c(=O)ccc2C1. The summed E-state index contributed by atoms with van der Waals surface area (Å²) in [7, 11) is 0. The second kappa shape index (κ2) is 6.70. The number of rotatable bonds is 4. The molecule has 24 heavy (non-hydrogen) atoms. The summed E-state index contributed by atoms with van der Waals surface area (Å²) in [5.41, 5.74) is 2.99.